The van der Waals surface area contributed by atoms with E-state index in [0.717, 1.165) is 55.9 Å². The summed E-state index contributed by atoms with van der Waals surface area (Å²) in [4.78, 5) is 26.5. The van der Waals surface area contributed by atoms with Crippen LogP contribution in [-0.4, -0.2) is 52.2 Å². The van der Waals surface area contributed by atoms with E-state index in [2.05, 4.69) is 10.4 Å². The van der Waals surface area contributed by atoms with Crippen LogP contribution in [0.2, 0.25) is 0 Å². The van der Waals surface area contributed by atoms with E-state index >= 15 is 0 Å². The van der Waals surface area contributed by atoms with Gasteiger partial charge in [-0.05, 0) is 57.0 Å². The third-order valence-corrected chi connectivity index (χ3v) is 5.81. The molecule has 4 rings (SSSR count). The average molecular weight is 411 g/mol. The van der Waals surface area contributed by atoms with E-state index in [1.54, 1.807) is 12.1 Å². The number of aryl methyl sites for hydroxylation is 2. The lowest BCUT2D eigenvalue weighted by Gasteiger charge is -2.32. The lowest BCUT2D eigenvalue weighted by Crippen LogP contribution is -2.42. The van der Waals surface area contributed by atoms with Crippen molar-refractivity contribution in [2.24, 2.45) is 5.92 Å². The largest absolute Gasteiger partial charge is 0.490 e. The highest BCUT2D eigenvalue weighted by Gasteiger charge is 2.35. The predicted molar refractivity (Wildman–Crippen MR) is 113 cm³/mol. The van der Waals surface area contributed by atoms with E-state index < -0.39 is 0 Å². The molecule has 1 N–H and O–H groups in total. The highest BCUT2D eigenvalue weighted by molar-refractivity contribution is 5.94. The smallest absolute Gasteiger partial charge is 0.251 e. The molecule has 2 aliphatic rings. The molecule has 0 spiro atoms. The number of benzene rings is 1. The molecule has 1 aliphatic carbocycles. The Bertz CT molecular complexity index is 894. The zero-order chi connectivity index (χ0) is 21.1. The van der Waals surface area contributed by atoms with Crippen LogP contribution in [-0.2, 0) is 11.3 Å². The van der Waals surface area contributed by atoms with E-state index in [-0.39, 0.29) is 17.9 Å². The number of aromatic nitrogens is 2. The summed E-state index contributed by atoms with van der Waals surface area (Å²) in [7, 11) is 0. The Kier molecular flexibility index (Phi) is 6.06. The van der Waals surface area contributed by atoms with Crippen LogP contribution in [0, 0.1) is 19.8 Å². The molecular weight excluding hydrogens is 380 g/mol. The Balaban J connectivity index is 1.21. The molecule has 2 fully saturated rings. The van der Waals surface area contributed by atoms with Crippen LogP contribution in [0.3, 0.4) is 0 Å². The molecule has 1 aromatic carbocycles. The summed E-state index contributed by atoms with van der Waals surface area (Å²) in [6.45, 7) is 6.69. The molecule has 7 heteroatoms. The van der Waals surface area contributed by atoms with Crippen molar-refractivity contribution in [3.05, 3.63) is 47.3 Å². The second kappa shape index (κ2) is 8.90. The normalized spacial score (nSPS) is 17.1. The molecule has 0 unspecified atom stereocenters. The SMILES string of the molecule is Cc1cc(C)n(CCNC(=O)c2ccc(OC3CCN(C(=O)C4CC4)CC3)cc2)n1. The highest BCUT2D eigenvalue weighted by atomic mass is 16.5. The molecule has 0 atom stereocenters. The van der Waals surface area contributed by atoms with E-state index in [4.69, 9.17) is 4.74 Å². The maximum Gasteiger partial charge on any atom is 0.251 e. The molecular formula is C23H30N4O3. The number of likely N-dealkylation sites (tertiary alicyclic amines) is 1. The molecule has 0 radical (unpaired) electrons. The Morgan fingerprint density at radius 3 is 2.40 bits per heavy atom. The number of rotatable bonds is 7. The van der Waals surface area contributed by atoms with Gasteiger partial charge in [0, 0.05) is 49.7 Å². The van der Waals surface area contributed by atoms with Gasteiger partial charge >= 0.3 is 0 Å². The second-order valence-electron chi connectivity index (χ2n) is 8.35. The summed E-state index contributed by atoms with van der Waals surface area (Å²) < 4.78 is 7.97. The second-order valence-corrected chi connectivity index (χ2v) is 8.35. The molecule has 1 saturated heterocycles. The predicted octanol–water partition coefficient (Wildman–Crippen LogP) is 2.71. The molecule has 1 aliphatic heterocycles. The summed E-state index contributed by atoms with van der Waals surface area (Å²) in [6.07, 6.45) is 3.93. The van der Waals surface area contributed by atoms with Crippen molar-refractivity contribution in [2.45, 2.75) is 52.2 Å². The van der Waals surface area contributed by atoms with Gasteiger partial charge in [0.2, 0.25) is 5.91 Å². The first kappa shape index (κ1) is 20.4. The van der Waals surface area contributed by atoms with Gasteiger partial charge in [-0.2, -0.15) is 5.10 Å². The summed E-state index contributed by atoms with van der Waals surface area (Å²) in [5.74, 6) is 1.27. The standard InChI is InChI=1S/C23H30N4O3/c1-16-15-17(2)27(25-16)14-11-24-22(28)18-5-7-20(8-6-18)30-21-9-12-26(13-10-21)23(29)19-3-4-19/h5-8,15,19,21H,3-4,9-14H2,1-2H3,(H,24,28). The minimum atomic E-state index is -0.102. The third-order valence-electron chi connectivity index (χ3n) is 5.81. The van der Waals surface area contributed by atoms with Gasteiger partial charge in [-0.3, -0.25) is 14.3 Å². The minimum Gasteiger partial charge on any atom is -0.490 e. The summed E-state index contributed by atoms with van der Waals surface area (Å²) >= 11 is 0. The van der Waals surface area contributed by atoms with Gasteiger partial charge in [-0.15, -0.1) is 0 Å². The molecule has 2 amide bonds. The topological polar surface area (TPSA) is 76.5 Å². The summed E-state index contributed by atoms with van der Waals surface area (Å²) in [5, 5.41) is 7.34. The van der Waals surface area contributed by atoms with Gasteiger partial charge in [0.1, 0.15) is 11.9 Å². The third kappa shape index (κ3) is 5.01. The summed E-state index contributed by atoms with van der Waals surface area (Å²) in [6, 6.07) is 9.30. The minimum absolute atomic E-state index is 0.102. The number of amides is 2. The van der Waals surface area contributed by atoms with Gasteiger partial charge in [-0.25, -0.2) is 0 Å². The van der Waals surface area contributed by atoms with Crippen LogP contribution in [0.1, 0.15) is 47.4 Å². The molecule has 160 valence electrons. The number of carbonyl (C=O) groups excluding carboxylic acids is 2. The molecule has 7 nitrogen and oxygen atoms in total. The number of piperidine rings is 1. The zero-order valence-corrected chi connectivity index (χ0v) is 17.8. The van der Waals surface area contributed by atoms with E-state index in [0.29, 0.717) is 24.6 Å². The number of ether oxygens (including phenoxy) is 1. The first-order valence-electron chi connectivity index (χ1n) is 10.8. The van der Waals surface area contributed by atoms with Crippen molar-refractivity contribution >= 4 is 11.8 Å². The molecule has 1 aromatic heterocycles. The van der Waals surface area contributed by atoms with E-state index in [1.807, 2.05) is 41.6 Å². The monoisotopic (exact) mass is 410 g/mol. The van der Waals surface area contributed by atoms with Gasteiger partial charge in [-0.1, -0.05) is 0 Å². The number of nitrogens with one attached hydrogen (secondary N) is 1. The van der Waals surface area contributed by atoms with E-state index in [1.165, 1.54) is 0 Å². The zero-order valence-electron chi connectivity index (χ0n) is 17.8. The van der Waals surface area contributed by atoms with Crippen LogP contribution in [0.15, 0.2) is 30.3 Å². The first-order chi connectivity index (χ1) is 14.5. The Morgan fingerprint density at radius 1 is 1.10 bits per heavy atom. The molecule has 0 bridgehead atoms. The van der Waals surface area contributed by atoms with Gasteiger partial charge in [0.05, 0.1) is 12.2 Å². The first-order valence-corrected chi connectivity index (χ1v) is 10.8. The Labute approximate surface area is 177 Å². The van der Waals surface area contributed by atoms with Crippen LogP contribution in [0.4, 0.5) is 0 Å². The van der Waals surface area contributed by atoms with Crippen LogP contribution in [0.5, 0.6) is 5.75 Å². The van der Waals surface area contributed by atoms with Crippen LogP contribution < -0.4 is 10.1 Å². The Hall–Kier alpha value is -2.83. The number of carbonyl (C=O) groups is 2. The summed E-state index contributed by atoms with van der Waals surface area (Å²) in [5.41, 5.74) is 2.68. The number of nitrogens with zero attached hydrogens (tertiary/aromatic N) is 3. The van der Waals surface area contributed by atoms with Crippen molar-refractivity contribution in [1.82, 2.24) is 20.0 Å². The Morgan fingerprint density at radius 2 is 1.80 bits per heavy atom. The van der Waals surface area contributed by atoms with Crippen molar-refractivity contribution in [2.75, 3.05) is 19.6 Å². The van der Waals surface area contributed by atoms with Crippen molar-refractivity contribution in [3.63, 3.8) is 0 Å². The molecule has 1 saturated carbocycles. The van der Waals surface area contributed by atoms with E-state index in [9.17, 15) is 9.59 Å². The molecule has 30 heavy (non-hydrogen) atoms. The van der Waals surface area contributed by atoms with Gasteiger partial charge in [0.25, 0.3) is 5.91 Å². The lowest BCUT2D eigenvalue weighted by molar-refractivity contribution is -0.134. The van der Waals surface area contributed by atoms with Crippen molar-refractivity contribution in [1.29, 1.82) is 0 Å². The quantitative estimate of drug-likeness (QED) is 0.761. The lowest BCUT2D eigenvalue weighted by atomic mass is 10.1. The van der Waals surface area contributed by atoms with Gasteiger partial charge < -0.3 is 15.0 Å². The molecule has 2 heterocycles. The maximum atomic E-state index is 12.4. The maximum absolute atomic E-state index is 12.4. The average Bonchev–Trinajstić information content (AvgIpc) is 3.54. The highest BCUT2D eigenvalue weighted by Crippen LogP contribution is 2.32. The van der Waals surface area contributed by atoms with Crippen molar-refractivity contribution in [3.8, 4) is 5.75 Å². The van der Waals surface area contributed by atoms with Crippen LogP contribution in [0.25, 0.3) is 0 Å². The fraction of sp³-hybridized carbons (Fsp3) is 0.522. The number of hydrogen-bond donors (Lipinski definition) is 1. The molecule has 2 aromatic rings. The fourth-order valence-corrected chi connectivity index (χ4v) is 3.94. The number of hydrogen-bond acceptors (Lipinski definition) is 4. The van der Waals surface area contributed by atoms with Crippen LogP contribution >= 0.6 is 0 Å². The van der Waals surface area contributed by atoms with Crippen molar-refractivity contribution < 1.29 is 14.3 Å². The van der Waals surface area contributed by atoms with Gasteiger partial charge in [0.15, 0.2) is 0 Å². The fourth-order valence-electron chi connectivity index (χ4n) is 3.94.